The molecule has 0 unspecified atom stereocenters. The molecule has 2 nitrogen and oxygen atoms in total. The van der Waals surface area contributed by atoms with Crippen LogP contribution in [0.1, 0.15) is 0 Å². The maximum atomic E-state index is 5.73. The van der Waals surface area contributed by atoms with Crippen molar-refractivity contribution >= 4 is 34.7 Å². The predicted molar refractivity (Wildman–Crippen MR) is 52.7 cm³/mol. The molecule has 0 bridgehead atoms. The highest BCUT2D eigenvalue weighted by Crippen LogP contribution is 2.29. The van der Waals surface area contributed by atoms with E-state index in [2.05, 4.69) is 22.4 Å². The molecule has 0 aliphatic carbocycles. The number of thiocarbonyl (C=S) groups is 1. The standard InChI is InChI=1S/C8H6ClNOS/c1-11-8-3-2-6(9)4-7(8)10-5-12/h2-4H,1H3. The average Bonchev–Trinajstić information content (AvgIpc) is 2.05. The number of benzene rings is 1. The Labute approximate surface area is 80.8 Å². The number of methoxy groups -OCH3 is 1. The molecule has 0 radical (unpaired) electrons. The summed E-state index contributed by atoms with van der Waals surface area (Å²) in [6.45, 7) is 0. The second kappa shape index (κ2) is 4.21. The van der Waals surface area contributed by atoms with Gasteiger partial charge in [-0.15, -0.1) is 0 Å². The van der Waals surface area contributed by atoms with Crippen molar-refractivity contribution in [3.63, 3.8) is 0 Å². The minimum absolute atomic E-state index is 0.597. The molecular weight excluding hydrogens is 194 g/mol. The van der Waals surface area contributed by atoms with Gasteiger partial charge in [-0.3, -0.25) is 0 Å². The lowest BCUT2D eigenvalue weighted by atomic mass is 10.3. The summed E-state index contributed by atoms with van der Waals surface area (Å²) in [5.74, 6) is 0.636. The molecule has 4 heteroatoms. The molecule has 62 valence electrons. The van der Waals surface area contributed by atoms with Crippen molar-refractivity contribution in [2.75, 3.05) is 7.11 Å². The second-order valence-corrected chi connectivity index (χ2v) is 2.64. The lowest BCUT2D eigenvalue weighted by molar-refractivity contribution is 0.416. The summed E-state index contributed by atoms with van der Waals surface area (Å²) in [7, 11) is 1.56. The molecule has 0 saturated heterocycles. The van der Waals surface area contributed by atoms with Crippen LogP contribution in [0.15, 0.2) is 23.2 Å². The first-order valence-corrected chi connectivity index (χ1v) is 3.98. The van der Waals surface area contributed by atoms with Crippen molar-refractivity contribution in [3.05, 3.63) is 23.2 Å². The number of aliphatic imine (C=N–C) groups is 1. The molecule has 1 rings (SSSR count). The van der Waals surface area contributed by atoms with Gasteiger partial charge in [-0.25, -0.2) is 0 Å². The van der Waals surface area contributed by atoms with Gasteiger partial charge in [0, 0.05) is 5.02 Å². The third-order valence-electron chi connectivity index (χ3n) is 1.31. The van der Waals surface area contributed by atoms with Crippen molar-refractivity contribution < 1.29 is 4.74 Å². The van der Waals surface area contributed by atoms with Gasteiger partial charge in [-0.2, -0.15) is 4.99 Å². The molecule has 0 fully saturated rings. The second-order valence-electron chi connectivity index (χ2n) is 2.02. The summed E-state index contributed by atoms with van der Waals surface area (Å²) in [5.41, 5.74) is 0.597. The van der Waals surface area contributed by atoms with Crippen LogP contribution in [-0.2, 0) is 0 Å². The molecule has 0 spiro atoms. The minimum Gasteiger partial charge on any atom is -0.494 e. The lowest BCUT2D eigenvalue weighted by Crippen LogP contribution is -1.82. The minimum atomic E-state index is 0.597. The van der Waals surface area contributed by atoms with Gasteiger partial charge >= 0.3 is 0 Å². The zero-order valence-corrected chi connectivity index (χ0v) is 7.95. The molecule has 1 aromatic rings. The van der Waals surface area contributed by atoms with Gasteiger partial charge in [0.25, 0.3) is 0 Å². The highest BCUT2D eigenvalue weighted by Gasteiger charge is 2.00. The highest BCUT2D eigenvalue weighted by atomic mass is 35.5. The van der Waals surface area contributed by atoms with Crippen molar-refractivity contribution in [1.29, 1.82) is 0 Å². The van der Waals surface area contributed by atoms with Crippen LogP contribution in [0.2, 0.25) is 5.02 Å². The smallest absolute Gasteiger partial charge is 0.145 e. The first-order valence-electron chi connectivity index (χ1n) is 3.19. The fourth-order valence-electron chi connectivity index (χ4n) is 0.800. The van der Waals surface area contributed by atoms with Crippen LogP contribution in [0.25, 0.3) is 0 Å². The molecule has 12 heavy (non-hydrogen) atoms. The Kier molecular flexibility index (Phi) is 3.23. The van der Waals surface area contributed by atoms with Crippen molar-refractivity contribution in [2.24, 2.45) is 4.99 Å². The maximum Gasteiger partial charge on any atom is 0.145 e. The molecule has 1 aromatic carbocycles. The van der Waals surface area contributed by atoms with Crippen LogP contribution in [0.5, 0.6) is 5.75 Å². The number of nitrogens with zero attached hydrogens (tertiary/aromatic N) is 1. The summed E-state index contributed by atoms with van der Waals surface area (Å²) in [4.78, 5) is 3.79. The van der Waals surface area contributed by atoms with Crippen LogP contribution in [0, 0.1) is 0 Å². The van der Waals surface area contributed by atoms with E-state index in [1.165, 1.54) is 0 Å². The quantitative estimate of drug-likeness (QED) is 0.539. The summed E-state index contributed by atoms with van der Waals surface area (Å²) >= 11 is 10.2. The fraction of sp³-hybridized carbons (Fsp3) is 0.125. The fourth-order valence-corrected chi connectivity index (χ4v) is 1.06. The van der Waals surface area contributed by atoms with Crippen molar-refractivity contribution in [2.45, 2.75) is 0 Å². The molecule has 0 heterocycles. The summed E-state index contributed by atoms with van der Waals surface area (Å²) in [6, 6.07) is 5.12. The Morgan fingerprint density at radius 3 is 2.92 bits per heavy atom. The van der Waals surface area contributed by atoms with Crippen LogP contribution >= 0.6 is 23.8 Å². The molecule has 0 N–H and O–H groups in total. The molecule has 0 atom stereocenters. The first kappa shape index (κ1) is 9.20. The number of halogens is 1. The van der Waals surface area contributed by atoms with Crippen LogP contribution < -0.4 is 4.74 Å². The Balaban J connectivity index is 3.20. The van der Waals surface area contributed by atoms with E-state index in [1.54, 1.807) is 25.3 Å². The average molecular weight is 200 g/mol. The normalized spacial score (nSPS) is 8.83. The van der Waals surface area contributed by atoms with E-state index in [0.29, 0.717) is 16.5 Å². The molecule has 0 aliphatic heterocycles. The van der Waals surface area contributed by atoms with E-state index in [9.17, 15) is 0 Å². The lowest BCUT2D eigenvalue weighted by Gasteiger charge is -2.02. The van der Waals surface area contributed by atoms with Gasteiger partial charge in [0.15, 0.2) is 0 Å². The van der Waals surface area contributed by atoms with E-state index < -0.39 is 0 Å². The third kappa shape index (κ3) is 2.05. The third-order valence-corrected chi connectivity index (χ3v) is 1.63. The van der Waals surface area contributed by atoms with Crippen LogP contribution in [0.3, 0.4) is 0 Å². The number of hydrogen-bond acceptors (Lipinski definition) is 3. The Morgan fingerprint density at radius 2 is 2.33 bits per heavy atom. The number of hydrogen-bond donors (Lipinski definition) is 0. The van der Waals surface area contributed by atoms with Gasteiger partial charge in [0.05, 0.1) is 12.3 Å². The number of rotatable bonds is 2. The summed E-state index contributed by atoms with van der Waals surface area (Å²) in [5, 5.41) is 2.85. The topological polar surface area (TPSA) is 21.6 Å². The van der Waals surface area contributed by atoms with Gasteiger partial charge in [0.2, 0.25) is 0 Å². The Hall–Kier alpha value is -0.890. The zero-order chi connectivity index (χ0) is 8.97. The van der Waals surface area contributed by atoms with E-state index in [0.717, 1.165) is 0 Å². The van der Waals surface area contributed by atoms with E-state index in [-0.39, 0.29) is 0 Å². The number of ether oxygens (including phenoxy) is 1. The predicted octanol–water partition coefficient (Wildman–Crippen LogP) is 3.08. The Morgan fingerprint density at radius 1 is 1.58 bits per heavy atom. The van der Waals surface area contributed by atoms with Gasteiger partial charge < -0.3 is 4.74 Å². The molecule has 0 saturated carbocycles. The molecular formula is C8H6ClNOS. The number of isothiocyanates is 1. The maximum absolute atomic E-state index is 5.73. The first-order chi connectivity index (χ1) is 5.77. The SMILES string of the molecule is COc1ccc(Cl)cc1N=C=S. The van der Waals surface area contributed by atoms with Crippen LogP contribution in [-0.4, -0.2) is 12.3 Å². The van der Waals surface area contributed by atoms with Crippen molar-refractivity contribution in [3.8, 4) is 5.75 Å². The van der Waals surface area contributed by atoms with Crippen molar-refractivity contribution in [1.82, 2.24) is 0 Å². The van der Waals surface area contributed by atoms with Gasteiger partial charge in [-0.1, -0.05) is 11.6 Å². The van der Waals surface area contributed by atoms with Gasteiger partial charge in [-0.05, 0) is 30.4 Å². The monoisotopic (exact) mass is 199 g/mol. The summed E-state index contributed by atoms with van der Waals surface area (Å²) in [6.07, 6.45) is 0. The molecule has 0 amide bonds. The van der Waals surface area contributed by atoms with E-state index in [1.807, 2.05) is 0 Å². The Bertz CT molecular complexity index is 334. The molecule has 0 aliphatic rings. The largest absolute Gasteiger partial charge is 0.494 e. The highest BCUT2D eigenvalue weighted by molar-refractivity contribution is 7.78. The van der Waals surface area contributed by atoms with E-state index >= 15 is 0 Å². The van der Waals surface area contributed by atoms with E-state index in [4.69, 9.17) is 16.3 Å². The molecule has 0 aromatic heterocycles. The zero-order valence-electron chi connectivity index (χ0n) is 6.37. The van der Waals surface area contributed by atoms with Crippen LogP contribution in [0.4, 0.5) is 5.69 Å². The summed E-state index contributed by atoms with van der Waals surface area (Å²) < 4.78 is 5.01. The van der Waals surface area contributed by atoms with Gasteiger partial charge in [0.1, 0.15) is 11.4 Å².